The van der Waals surface area contributed by atoms with E-state index in [1.807, 2.05) is 0 Å². The van der Waals surface area contributed by atoms with Crippen LogP contribution in [0.1, 0.15) is 51.4 Å². The maximum Gasteiger partial charge on any atom is 0.330 e. The van der Waals surface area contributed by atoms with E-state index in [4.69, 9.17) is 4.74 Å². The SMILES string of the molecule is C=CC(=O)OCCCC12CC3CC(O)(CC(O)(C3)C1)C2. The summed E-state index contributed by atoms with van der Waals surface area (Å²) in [5, 5.41) is 21.3. The molecule has 4 nitrogen and oxygen atoms in total. The van der Waals surface area contributed by atoms with Gasteiger partial charge < -0.3 is 14.9 Å². The van der Waals surface area contributed by atoms with Crippen molar-refractivity contribution in [2.24, 2.45) is 11.3 Å². The Labute approximate surface area is 119 Å². The zero-order chi connectivity index (χ0) is 14.4. The van der Waals surface area contributed by atoms with Crippen LogP contribution in [-0.2, 0) is 9.53 Å². The minimum atomic E-state index is -0.661. The Morgan fingerprint density at radius 3 is 2.40 bits per heavy atom. The van der Waals surface area contributed by atoms with Gasteiger partial charge in [0.15, 0.2) is 0 Å². The molecule has 4 aliphatic rings. The van der Waals surface area contributed by atoms with Gasteiger partial charge in [0.25, 0.3) is 0 Å². The first-order valence-electron chi connectivity index (χ1n) is 7.60. The molecule has 0 radical (unpaired) electrons. The molecule has 0 aromatic carbocycles. The van der Waals surface area contributed by atoms with Crippen LogP contribution in [0.4, 0.5) is 0 Å². The van der Waals surface area contributed by atoms with Gasteiger partial charge in [-0.25, -0.2) is 4.79 Å². The third-order valence-corrected chi connectivity index (χ3v) is 5.39. The monoisotopic (exact) mass is 280 g/mol. The topological polar surface area (TPSA) is 66.8 Å². The number of esters is 1. The molecule has 0 aromatic rings. The summed E-state index contributed by atoms with van der Waals surface area (Å²) in [5.74, 6) is 0.0738. The van der Waals surface area contributed by atoms with Crippen molar-refractivity contribution in [2.75, 3.05) is 6.61 Å². The third-order valence-electron chi connectivity index (χ3n) is 5.39. The second-order valence-corrected chi connectivity index (χ2v) is 7.43. The van der Waals surface area contributed by atoms with E-state index >= 15 is 0 Å². The lowest BCUT2D eigenvalue weighted by molar-refractivity contribution is -0.232. The van der Waals surface area contributed by atoms with E-state index in [1.54, 1.807) is 0 Å². The van der Waals surface area contributed by atoms with Gasteiger partial charge >= 0.3 is 5.97 Å². The van der Waals surface area contributed by atoms with E-state index in [-0.39, 0.29) is 11.4 Å². The fourth-order valence-electron chi connectivity index (χ4n) is 5.49. The number of carbonyl (C=O) groups is 1. The van der Waals surface area contributed by atoms with Gasteiger partial charge in [0.05, 0.1) is 17.8 Å². The predicted molar refractivity (Wildman–Crippen MR) is 73.9 cm³/mol. The summed E-state index contributed by atoms with van der Waals surface area (Å²) >= 11 is 0. The first-order chi connectivity index (χ1) is 9.36. The second-order valence-electron chi connectivity index (χ2n) is 7.43. The highest BCUT2D eigenvalue weighted by atomic mass is 16.5. The molecule has 2 unspecified atom stereocenters. The van der Waals surface area contributed by atoms with Crippen molar-refractivity contribution in [1.29, 1.82) is 0 Å². The minimum Gasteiger partial charge on any atom is -0.463 e. The summed E-state index contributed by atoms with van der Waals surface area (Å²) in [6.45, 7) is 3.77. The molecule has 0 saturated heterocycles. The van der Waals surface area contributed by atoms with Crippen molar-refractivity contribution >= 4 is 5.97 Å². The molecule has 4 aliphatic carbocycles. The van der Waals surface area contributed by atoms with Gasteiger partial charge in [0.2, 0.25) is 0 Å². The molecule has 4 saturated carbocycles. The van der Waals surface area contributed by atoms with Gasteiger partial charge in [-0.05, 0) is 56.3 Å². The molecule has 4 heteroatoms. The van der Waals surface area contributed by atoms with Gasteiger partial charge in [-0.2, -0.15) is 0 Å². The number of rotatable bonds is 5. The molecule has 4 rings (SSSR count). The number of aliphatic hydroxyl groups is 2. The average molecular weight is 280 g/mol. The number of ether oxygens (including phenoxy) is 1. The molecule has 4 bridgehead atoms. The number of hydrogen-bond donors (Lipinski definition) is 2. The lowest BCUT2D eigenvalue weighted by Crippen LogP contribution is -2.63. The molecule has 0 amide bonds. The molecular weight excluding hydrogens is 256 g/mol. The van der Waals surface area contributed by atoms with Gasteiger partial charge in [-0.3, -0.25) is 0 Å². The first-order valence-corrected chi connectivity index (χ1v) is 7.60. The third kappa shape index (κ3) is 2.51. The minimum absolute atomic E-state index is 0.0451. The van der Waals surface area contributed by atoms with E-state index in [2.05, 4.69) is 6.58 Å². The van der Waals surface area contributed by atoms with Crippen molar-refractivity contribution in [2.45, 2.75) is 62.6 Å². The summed E-state index contributed by atoms with van der Waals surface area (Å²) in [7, 11) is 0. The summed E-state index contributed by atoms with van der Waals surface area (Å²) in [5.41, 5.74) is -1.28. The molecule has 0 spiro atoms. The van der Waals surface area contributed by atoms with Gasteiger partial charge in [-0.1, -0.05) is 6.58 Å². The van der Waals surface area contributed by atoms with E-state index in [0.29, 0.717) is 18.9 Å². The number of carbonyl (C=O) groups excluding carboxylic acids is 1. The zero-order valence-corrected chi connectivity index (χ0v) is 11.9. The number of hydrogen-bond acceptors (Lipinski definition) is 4. The van der Waals surface area contributed by atoms with Crippen molar-refractivity contribution in [1.82, 2.24) is 0 Å². The molecular formula is C16H24O4. The van der Waals surface area contributed by atoms with Crippen LogP contribution in [-0.4, -0.2) is 34.0 Å². The zero-order valence-electron chi connectivity index (χ0n) is 11.9. The van der Waals surface area contributed by atoms with Crippen molar-refractivity contribution in [3.63, 3.8) is 0 Å². The quantitative estimate of drug-likeness (QED) is 0.459. The maximum atomic E-state index is 11.0. The van der Waals surface area contributed by atoms with Crippen molar-refractivity contribution in [3.05, 3.63) is 12.7 Å². The predicted octanol–water partition coefficient (Wildman–Crippen LogP) is 1.94. The van der Waals surface area contributed by atoms with E-state index in [0.717, 1.165) is 44.9 Å². The van der Waals surface area contributed by atoms with Crippen LogP contribution in [0.25, 0.3) is 0 Å². The smallest absolute Gasteiger partial charge is 0.330 e. The second kappa shape index (κ2) is 4.57. The highest BCUT2D eigenvalue weighted by Crippen LogP contribution is 2.64. The largest absolute Gasteiger partial charge is 0.463 e. The summed E-state index contributed by atoms with van der Waals surface area (Å²) < 4.78 is 5.02. The summed E-state index contributed by atoms with van der Waals surface area (Å²) in [6.07, 6.45) is 7.83. The molecule has 0 aliphatic heterocycles. The van der Waals surface area contributed by atoms with Gasteiger partial charge in [-0.15, -0.1) is 0 Å². The van der Waals surface area contributed by atoms with Crippen LogP contribution in [0.5, 0.6) is 0 Å². The van der Waals surface area contributed by atoms with Gasteiger partial charge in [0, 0.05) is 12.5 Å². The molecule has 2 N–H and O–H groups in total. The Morgan fingerprint density at radius 2 is 1.85 bits per heavy atom. The molecule has 20 heavy (non-hydrogen) atoms. The standard InChI is InChI=1S/C16H24O4/c1-2-13(17)20-5-3-4-14-6-12-7-15(18,9-14)11-16(19,8-12)10-14/h2,12,18-19H,1,3-11H2. The Bertz CT molecular complexity index is 412. The molecule has 0 heterocycles. The highest BCUT2D eigenvalue weighted by molar-refractivity contribution is 5.81. The van der Waals surface area contributed by atoms with Crippen LogP contribution < -0.4 is 0 Å². The van der Waals surface area contributed by atoms with Crippen molar-refractivity contribution < 1.29 is 19.7 Å². The molecule has 4 fully saturated rings. The first kappa shape index (κ1) is 14.1. The van der Waals surface area contributed by atoms with E-state index in [9.17, 15) is 15.0 Å². The summed E-state index contributed by atoms with van der Waals surface area (Å²) in [4.78, 5) is 11.0. The van der Waals surface area contributed by atoms with E-state index in [1.165, 1.54) is 6.08 Å². The Balaban J connectivity index is 1.61. The van der Waals surface area contributed by atoms with Gasteiger partial charge in [0.1, 0.15) is 0 Å². The Kier molecular flexibility index (Phi) is 3.22. The van der Waals surface area contributed by atoms with Crippen LogP contribution >= 0.6 is 0 Å². The van der Waals surface area contributed by atoms with Crippen LogP contribution in [0.15, 0.2) is 12.7 Å². The average Bonchev–Trinajstić information content (AvgIpc) is 2.29. The lowest BCUT2D eigenvalue weighted by atomic mass is 9.45. The maximum absolute atomic E-state index is 11.0. The Hall–Kier alpha value is -0.870. The Morgan fingerprint density at radius 1 is 1.20 bits per heavy atom. The molecule has 112 valence electrons. The van der Waals surface area contributed by atoms with Crippen molar-refractivity contribution in [3.8, 4) is 0 Å². The van der Waals surface area contributed by atoms with E-state index < -0.39 is 11.2 Å². The van der Waals surface area contributed by atoms with Crippen LogP contribution in [0.3, 0.4) is 0 Å². The highest BCUT2D eigenvalue weighted by Gasteiger charge is 2.62. The fraction of sp³-hybridized carbons (Fsp3) is 0.812. The lowest BCUT2D eigenvalue weighted by Gasteiger charge is -2.63. The summed E-state index contributed by atoms with van der Waals surface area (Å²) in [6, 6.07) is 0. The van der Waals surface area contributed by atoms with Crippen LogP contribution in [0.2, 0.25) is 0 Å². The fourth-order valence-corrected chi connectivity index (χ4v) is 5.49. The molecule has 0 aromatic heterocycles. The van der Waals surface area contributed by atoms with Crippen LogP contribution in [0, 0.1) is 11.3 Å². The normalized spacial score (nSPS) is 45.4. The molecule has 2 atom stereocenters.